The van der Waals surface area contributed by atoms with E-state index in [-0.39, 0.29) is 5.82 Å². The first-order chi connectivity index (χ1) is 12.1. The molecule has 0 aliphatic rings. The van der Waals surface area contributed by atoms with Gasteiger partial charge in [-0.1, -0.05) is 18.2 Å². The Morgan fingerprint density at radius 2 is 1.84 bits per heavy atom. The highest BCUT2D eigenvalue weighted by Gasteiger charge is 2.18. The third-order valence-electron chi connectivity index (χ3n) is 3.82. The molecule has 4 aromatic rings. The second kappa shape index (κ2) is 5.86. The summed E-state index contributed by atoms with van der Waals surface area (Å²) in [5, 5.41) is 4.88. The standard InChI is InChI=1S/C18H14FN5O/c1-24-18-15(17(20)21-10-22-18)16(23-24)13-8-7-12(9-14(13)19)25-11-5-3-2-4-6-11/h2-10H,1H3,(H2,20,21,22). The molecule has 0 atom stereocenters. The number of nitrogens with two attached hydrogens (primary N) is 1. The predicted molar refractivity (Wildman–Crippen MR) is 92.6 cm³/mol. The molecule has 0 fully saturated rings. The summed E-state index contributed by atoms with van der Waals surface area (Å²) < 4.78 is 21.9. The number of nitrogens with zero attached hydrogens (tertiary/aromatic N) is 4. The predicted octanol–water partition coefficient (Wildman–Crippen LogP) is 3.54. The lowest BCUT2D eigenvalue weighted by Crippen LogP contribution is -1.95. The number of hydrogen-bond acceptors (Lipinski definition) is 5. The van der Waals surface area contributed by atoms with E-state index in [1.54, 1.807) is 36.0 Å². The van der Waals surface area contributed by atoms with Crippen LogP contribution in [0, 0.1) is 5.82 Å². The molecule has 0 spiro atoms. The van der Waals surface area contributed by atoms with E-state index >= 15 is 0 Å². The average Bonchev–Trinajstić information content (AvgIpc) is 2.94. The van der Waals surface area contributed by atoms with E-state index in [0.717, 1.165) is 0 Å². The molecule has 25 heavy (non-hydrogen) atoms. The number of fused-ring (bicyclic) bond motifs is 1. The van der Waals surface area contributed by atoms with Gasteiger partial charge in [0.2, 0.25) is 0 Å². The van der Waals surface area contributed by atoms with Gasteiger partial charge in [0.1, 0.15) is 35.2 Å². The van der Waals surface area contributed by atoms with E-state index in [2.05, 4.69) is 15.1 Å². The molecular formula is C18H14FN5O. The Balaban J connectivity index is 1.77. The molecule has 2 N–H and O–H groups in total. The van der Waals surface area contributed by atoms with Crippen LogP contribution in [0.3, 0.4) is 0 Å². The molecule has 0 aliphatic carbocycles. The Kier molecular flexibility index (Phi) is 3.53. The quantitative estimate of drug-likeness (QED) is 0.619. The Labute approximate surface area is 142 Å². The van der Waals surface area contributed by atoms with E-state index in [1.807, 2.05) is 18.2 Å². The summed E-state index contributed by atoms with van der Waals surface area (Å²) in [6.45, 7) is 0. The number of hydrogen-bond donors (Lipinski definition) is 1. The van der Waals surface area contributed by atoms with Crippen LogP contribution in [-0.2, 0) is 7.05 Å². The third-order valence-corrected chi connectivity index (χ3v) is 3.82. The first kappa shape index (κ1) is 15.1. The number of para-hydroxylation sites is 1. The van der Waals surface area contributed by atoms with Gasteiger partial charge in [0.15, 0.2) is 5.65 Å². The van der Waals surface area contributed by atoms with Gasteiger partial charge in [-0.05, 0) is 24.3 Å². The van der Waals surface area contributed by atoms with Crippen LogP contribution in [0.2, 0.25) is 0 Å². The van der Waals surface area contributed by atoms with E-state index < -0.39 is 5.82 Å². The lowest BCUT2D eigenvalue weighted by molar-refractivity contribution is 0.477. The molecule has 4 rings (SSSR count). The smallest absolute Gasteiger partial charge is 0.163 e. The van der Waals surface area contributed by atoms with Crippen LogP contribution < -0.4 is 10.5 Å². The lowest BCUT2D eigenvalue weighted by atomic mass is 10.1. The molecule has 124 valence electrons. The Bertz CT molecular complexity index is 1060. The normalized spacial score (nSPS) is 11.0. The van der Waals surface area contributed by atoms with E-state index in [1.165, 1.54) is 12.4 Å². The van der Waals surface area contributed by atoms with Crippen molar-refractivity contribution in [3.63, 3.8) is 0 Å². The molecule has 0 radical (unpaired) electrons. The van der Waals surface area contributed by atoms with Crippen molar-refractivity contribution in [3.05, 3.63) is 60.7 Å². The summed E-state index contributed by atoms with van der Waals surface area (Å²) >= 11 is 0. The zero-order chi connectivity index (χ0) is 17.4. The Morgan fingerprint density at radius 1 is 1.04 bits per heavy atom. The Morgan fingerprint density at radius 3 is 2.60 bits per heavy atom. The largest absolute Gasteiger partial charge is 0.457 e. The Hall–Kier alpha value is -3.48. The highest BCUT2D eigenvalue weighted by molar-refractivity contribution is 5.98. The van der Waals surface area contributed by atoms with Crippen LogP contribution in [-0.4, -0.2) is 19.7 Å². The maximum absolute atomic E-state index is 14.7. The number of nitrogen functional groups attached to an aromatic ring is 1. The van der Waals surface area contributed by atoms with Crippen LogP contribution in [0.4, 0.5) is 10.2 Å². The van der Waals surface area contributed by atoms with Crippen LogP contribution >= 0.6 is 0 Å². The SMILES string of the molecule is Cn1nc(-c2ccc(Oc3ccccc3)cc2F)c2c(N)ncnc21. The lowest BCUT2D eigenvalue weighted by Gasteiger charge is -2.07. The molecule has 2 aromatic carbocycles. The van der Waals surface area contributed by atoms with Gasteiger partial charge in [0.05, 0.1) is 5.39 Å². The zero-order valence-electron chi connectivity index (χ0n) is 13.3. The van der Waals surface area contributed by atoms with Crippen LogP contribution in [0.15, 0.2) is 54.9 Å². The second-order valence-electron chi connectivity index (χ2n) is 5.49. The number of ether oxygens (including phenoxy) is 1. The van der Waals surface area contributed by atoms with Crippen molar-refractivity contribution >= 4 is 16.9 Å². The molecule has 0 aliphatic heterocycles. The fourth-order valence-electron chi connectivity index (χ4n) is 2.67. The first-order valence-electron chi connectivity index (χ1n) is 7.59. The van der Waals surface area contributed by atoms with Crippen molar-refractivity contribution in [2.24, 2.45) is 7.05 Å². The molecule has 6 nitrogen and oxygen atoms in total. The topological polar surface area (TPSA) is 78.9 Å². The highest BCUT2D eigenvalue weighted by Crippen LogP contribution is 2.33. The van der Waals surface area contributed by atoms with E-state index in [4.69, 9.17) is 10.5 Å². The van der Waals surface area contributed by atoms with Gasteiger partial charge in [-0.3, -0.25) is 0 Å². The summed E-state index contributed by atoms with van der Waals surface area (Å²) in [6, 6.07) is 13.8. The third kappa shape index (κ3) is 2.65. The van der Waals surface area contributed by atoms with Gasteiger partial charge in [0, 0.05) is 18.7 Å². The van der Waals surface area contributed by atoms with Gasteiger partial charge in [-0.15, -0.1) is 0 Å². The minimum Gasteiger partial charge on any atom is -0.457 e. The summed E-state index contributed by atoms with van der Waals surface area (Å²) in [4.78, 5) is 8.13. The van der Waals surface area contributed by atoms with Crippen molar-refractivity contribution < 1.29 is 9.13 Å². The minimum atomic E-state index is -0.461. The van der Waals surface area contributed by atoms with Crippen molar-refractivity contribution in [3.8, 4) is 22.8 Å². The monoisotopic (exact) mass is 335 g/mol. The number of anilines is 1. The molecule has 0 saturated carbocycles. The molecule has 7 heteroatoms. The van der Waals surface area contributed by atoms with Gasteiger partial charge in [-0.25, -0.2) is 19.0 Å². The maximum Gasteiger partial charge on any atom is 0.163 e. The summed E-state index contributed by atoms with van der Waals surface area (Å²) in [5.41, 5.74) is 7.20. The molecule has 2 aromatic heterocycles. The molecule has 2 heterocycles. The number of aromatic nitrogens is 4. The summed E-state index contributed by atoms with van der Waals surface area (Å²) in [5.74, 6) is 0.835. The summed E-state index contributed by atoms with van der Waals surface area (Å²) in [7, 11) is 1.73. The van der Waals surface area contributed by atoms with Crippen molar-refractivity contribution in [2.45, 2.75) is 0 Å². The van der Waals surface area contributed by atoms with Crippen molar-refractivity contribution in [1.82, 2.24) is 19.7 Å². The maximum atomic E-state index is 14.7. The molecule has 0 bridgehead atoms. The molecular weight excluding hydrogens is 321 g/mol. The number of benzene rings is 2. The van der Waals surface area contributed by atoms with Gasteiger partial charge >= 0.3 is 0 Å². The van der Waals surface area contributed by atoms with E-state index in [9.17, 15) is 4.39 Å². The molecule has 0 unspecified atom stereocenters. The fraction of sp³-hybridized carbons (Fsp3) is 0.0556. The van der Waals surface area contributed by atoms with Crippen LogP contribution in [0.1, 0.15) is 0 Å². The van der Waals surface area contributed by atoms with E-state index in [0.29, 0.717) is 33.8 Å². The van der Waals surface area contributed by atoms with Gasteiger partial charge < -0.3 is 10.5 Å². The molecule has 0 amide bonds. The average molecular weight is 335 g/mol. The first-order valence-corrected chi connectivity index (χ1v) is 7.59. The van der Waals surface area contributed by atoms with Crippen LogP contribution in [0.25, 0.3) is 22.3 Å². The second-order valence-corrected chi connectivity index (χ2v) is 5.49. The fourth-order valence-corrected chi connectivity index (χ4v) is 2.67. The molecule has 0 saturated heterocycles. The van der Waals surface area contributed by atoms with Gasteiger partial charge in [-0.2, -0.15) is 5.10 Å². The van der Waals surface area contributed by atoms with Gasteiger partial charge in [0.25, 0.3) is 0 Å². The number of aryl methyl sites for hydroxylation is 1. The highest BCUT2D eigenvalue weighted by atomic mass is 19.1. The van der Waals surface area contributed by atoms with Crippen LogP contribution in [0.5, 0.6) is 11.5 Å². The zero-order valence-corrected chi connectivity index (χ0v) is 13.3. The number of halogens is 1. The number of rotatable bonds is 3. The van der Waals surface area contributed by atoms with Crippen molar-refractivity contribution in [2.75, 3.05) is 5.73 Å². The summed E-state index contributed by atoms with van der Waals surface area (Å²) in [6.07, 6.45) is 1.36. The minimum absolute atomic E-state index is 0.261. The van der Waals surface area contributed by atoms with Crippen molar-refractivity contribution in [1.29, 1.82) is 0 Å².